The first-order chi connectivity index (χ1) is 6.83. The maximum Gasteiger partial charge on any atom is 0.0345 e. The van der Waals surface area contributed by atoms with Crippen molar-refractivity contribution in [2.75, 3.05) is 0 Å². The van der Waals surface area contributed by atoms with Gasteiger partial charge in [0.2, 0.25) is 0 Å². The second-order valence-electron chi connectivity index (χ2n) is 3.43. The van der Waals surface area contributed by atoms with Gasteiger partial charge in [-0.3, -0.25) is 0 Å². The van der Waals surface area contributed by atoms with E-state index >= 15 is 0 Å². The summed E-state index contributed by atoms with van der Waals surface area (Å²) < 4.78 is 0. The molecule has 72 valence electrons. The molecule has 0 radical (unpaired) electrons. The topological polar surface area (TPSA) is 0 Å². The van der Waals surface area contributed by atoms with Crippen molar-refractivity contribution in [1.82, 2.24) is 0 Å². The van der Waals surface area contributed by atoms with E-state index in [-0.39, 0.29) is 0 Å². The summed E-state index contributed by atoms with van der Waals surface area (Å²) in [6.07, 6.45) is 1.11. The van der Waals surface area contributed by atoms with Crippen molar-refractivity contribution >= 4 is 11.3 Å². The normalized spacial score (nSPS) is 10.4. The number of benzene rings is 1. The molecular weight excluding hydrogens is 188 g/mol. The van der Waals surface area contributed by atoms with Crippen molar-refractivity contribution in [2.24, 2.45) is 0 Å². The Labute approximate surface area is 89.2 Å². The summed E-state index contributed by atoms with van der Waals surface area (Å²) in [6.45, 7) is 4.41. The number of thiophene rings is 1. The average molecular weight is 202 g/mol. The third-order valence-corrected chi connectivity index (χ3v) is 3.45. The van der Waals surface area contributed by atoms with Crippen LogP contribution in [0.4, 0.5) is 0 Å². The van der Waals surface area contributed by atoms with Gasteiger partial charge in [-0.1, -0.05) is 31.2 Å². The Bertz CT molecular complexity index is 413. The predicted octanol–water partition coefficient (Wildman–Crippen LogP) is 4.29. The molecule has 0 unspecified atom stereocenters. The first-order valence-electron chi connectivity index (χ1n) is 4.95. The van der Waals surface area contributed by atoms with Crippen LogP contribution in [0.5, 0.6) is 0 Å². The van der Waals surface area contributed by atoms with Crippen molar-refractivity contribution in [3.8, 4) is 10.4 Å². The molecule has 1 heteroatoms. The van der Waals surface area contributed by atoms with Crippen LogP contribution in [0.3, 0.4) is 0 Å². The number of rotatable bonds is 2. The van der Waals surface area contributed by atoms with E-state index in [1.165, 1.54) is 21.6 Å². The standard InChI is InChI=1S/C13H14S/c1-3-11-10(2)6-4-7-12(11)13-8-5-9-14-13/h4-9H,3H2,1-2H3. The highest BCUT2D eigenvalue weighted by Gasteiger charge is 2.05. The summed E-state index contributed by atoms with van der Waals surface area (Å²) in [6, 6.07) is 10.9. The highest BCUT2D eigenvalue weighted by Crippen LogP contribution is 2.29. The van der Waals surface area contributed by atoms with Crippen LogP contribution in [0.2, 0.25) is 0 Å². The molecule has 0 aliphatic heterocycles. The minimum absolute atomic E-state index is 1.11. The Morgan fingerprint density at radius 2 is 2.00 bits per heavy atom. The summed E-state index contributed by atoms with van der Waals surface area (Å²) in [5.41, 5.74) is 4.29. The molecule has 0 amide bonds. The van der Waals surface area contributed by atoms with Crippen molar-refractivity contribution in [3.63, 3.8) is 0 Å². The Morgan fingerprint density at radius 3 is 2.64 bits per heavy atom. The number of aryl methyl sites for hydroxylation is 1. The van der Waals surface area contributed by atoms with Gasteiger partial charge in [-0.25, -0.2) is 0 Å². The van der Waals surface area contributed by atoms with Gasteiger partial charge in [0.15, 0.2) is 0 Å². The van der Waals surface area contributed by atoms with Gasteiger partial charge in [-0.05, 0) is 41.5 Å². The molecule has 0 aliphatic carbocycles. The lowest BCUT2D eigenvalue weighted by molar-refractivity contribution is 1.11. The molecule has 0 atom stereocenters. The molecule has 0 saturated heterocycles. The first-order valence-corrected chi connectivity index (χ1v) is 5.83. The van der Waals surface area contributed by atoms with Crippen LogP contribution in [-0.4, -0.2) is 0 Å². The molecule has 2 rings (SSSR count). The molecule has 2 aromatic rings. The quantitative estimate of drug-likeness (QED) is 0.681. The Balaban J connectivity index is 2.58. The van der Waals surface area contributed by atoms with Gasteiger partial charge in [0.05, 0.1) is 0 Å². The first kappa shape index (κ1) is 9.47. The van der Waals surface area contributed by atoms with E-state index in [0.717, 1.165) is 6.42 Å². The lowest BCUT2D eigenvalue weighted by Gasteiger charge is -2.08. The van der Waals surface area contributed by atoms with E-state index in [4.69, 9.17) is 0 Å². The van der Waals surface area contributed by atoms with E-state index in [0.29, 0.717) is 0 Å². The van der Waals surface area contributed by atoms with Crippen LogP contribution >= 0.6 is 11.3 Å². The van der Waals surface area contributed by atoms with Crippen molar-refractivity contribution in [3.05, 3.63) is 46.8 Å². The summed E-state index contributed by atoms with van der Waals surface area (Å²) in [5, 5.41) is 2.14. The molecular formula is C13H14S. The van der Waals surface area contributed by atoms with Gasteiger partial charge < -0.3 is 0 Å². The molecule has 0 bridgehead atoms. The van der Waals surface area contributed by atoms with E-state index in [1.807, 2.05) is 11.3 Å². The van der Waals surface area contributed by atoms with Gasteiger partial charge in [0.25, 0.3) is 0 Å². The van der Waals surface area contributed by atoms with Crippen LogP contribution in [0.1, 0.15) is 18.1 Å². The van der Waals surface area contributed by atoms with Gasteiger partial charge >= 0.3 is 0 Å². The summed E-state index contributed by atoms with van der Waals surface area (Å²) >= 11 is 1.81. The van der Waals surface area contributed by atoms with E-state index in [9.17, 15) is 0 Å². The zero-order chi connectivity index (χ0) is 9.97. The summed E-state index contributed by atoms with van der Waals surface area (Å²) in [5.74, 6) is 0. The molecule has 0 aliphatic rings. The molecule has 0 N–H and O–H groups in total. The summed E-state index contributed by atoms with van der Waals surface area (Å²) in [7, 11) is 0. The van der Waals surface area contributed by atoms with E-state index < -0.39 is 0 Å². The van der Waals surface area contributed by atoms with Gasteiger partial charge in [-0.15, -0.1) is 11.3 Å². The fourth-order valence-corrected chi connectivity index (χ4v) is 2.61. The SMILES string of the molecule is CCc1c(C)cccc1-c1cccs1. The number of hydrogen-bond donors (Lipinski definition) is 0. The summed E-state index contributed by atoms with van der Waals surface area (Å²) in [4.78, 5) is 1.38. The molecule has 14 heavy (non-hydrogen) atoms. The Morgan fingerprint density at radius 1 is 1.14 bits per heavy atom. The second kappa shape index (κ2) is 3.97. The second-order valence-corrected chi connectivity index (χ2v) is 4.38. The van der Waals surface area contributed by atoms with Crippen molar-refractivity contribution < 1.29 is 0 Å². The van der Waals surface area contributed by atoms with Crippen molar-refractivity contribution in [1.29, 1.82) is 0 Å². The third kappa shape index (κ3) is 1.60. The Kier molecular flexibility index (Phi) is 2.69. The zero-order valence-electron chi connectivity index (χ0n) is 8.58. The van der Waals surface area contributed by atoms with Crippen molar-refractivity contribution in [2.45, 2.75) is 20.3 Å². The van der Waals surface area contributed by atoms with Gasteiger partial charge in [0.1, 0.15) is 0 Å². The van der Waals surface area contributed by atoms with E-state index in [1.54, 1.807) is 0 Å². The molecule has 0 nitrogen and oxygen atoms in total. The molecule has 0 spiro atoms. The maximum absolute atomic E-state index is 2.22. The highest BCUT2D eigenvalue weighted by atomic mass is 32.1. The van der Waals surface area contributed by atoms with Gasteiger partial charge in [-0.2, -0.15) is 0 Å². The smallest absolute Gasteiger partial charge is 0.0345 e. The highest BCUT2D eigenvalue weighted by molar-refractivity contribution is 7.13. The average Bonchev–Trinajstić information content (AvgIpc) is 2.70. The van der Waals surface area contributed by atoms with Crippen LogP contribution in [0.25, 0.3) is 10.4 Å². The molecule has 1 aromatic carbocycles. The molecule has 1 aromatic heterocycles. The fourth-order valence-electron chi connectivity index (χ4n) is 1.83. The predicted molar refractivity (Wildman–Crippen MR) is 63.9 cm³/mol. The maximum atomic E-state index is 2.22. The van der Waals surface area contributed by atoms with Crippen LogP contribution in [0, 0.1) is 6.92 Å². The lowest BCUT2D eigenvalue weighted by Crippen LogP contribution is -1.89. The number of hydrogen-bond acceptors (Lipinski definition) is 1. The monoisotopic (exact) mass is 202 g/mol. The molecule has 1 heterocycles. The largest absolute Gasteiger partial charge is 0.144 e. The van der Waals surface area contributed by atoms with Crippen LogP contribution in [0.15, 0.2) is 35.7 Å². The van der Waals surface area contributed by atoms with E-state index in [2.05, 4.69) is 49.6 Å². The van der Waals surface area contributed by atoms with Crippen LogP contribution < -0.4 is 0 Å². The fraction of sp³-hybridized carbons (Fsp3) is 0.231. The molecule has 0 saturated carbocycles. The third-order valence-electron chi connectivity index (χ3n) is 2.55. The Hall–Kier alpha value is -1.08. The zero-order valence-corrected chi connectivity index (χ0v) is 9.40. The van der Waals surface area contributed by atoms with Gasteiger partial charge in [0, 0.05) is 4.88 Å². The lowest BCUT2D eigenvalue weighted by atomic mass is 9.99. The van der Waals surface area contributed by atoms with Crippen LogP contribution in [-0.2, 0) is 6.42 Å². The minimum atomic E-state index is 1.11. The minimum Gasteiger partial charge on any atom is -0.144 e. The molecule has 0 fully saturated rings.